The van der Waals surface area contributed by atoms with Crippen LogP contribution in [0.1, 0.15) is 16.8 Å². The molecular weight excluding hydrogens is 381 g/mol. The lowest BCUT2D eigenvalue weighted by Gasteiger charge is -2.11. The van der Waals surface area contributed by atoms with Gasteiger partial charge in [0.15, 0.2) is 0 Å². The average molecular weight is 397 g/mol. The molecule has 0 unspecified atom stereocenters. The fourth-order valence-corrected chi connectivity index (χ4v) is 3.87. The molecule has 1 aromatic carbocycles. The van der Waals surface area contributed by atoms with Gasteiger partial charge in [0, 0.05) is 36.0 Å². The maximum atomic E-state index is 13.2. The highest BCUT2D eigenvalue weighted by Gasteiger charge is 2.26. The second kappa shape index (κ2) is 7.81. The molecule has 0 bridgehead atoms. The van der Waals surface area contributed by atoms with Gasteiger partial charge in [0.25, 0.3) is 0 Å². The zero-order chi connectivity index (χ0) is 19.5. The van der Waals surface area contributed by atoms with E-state index in [9.17, 15) is 14.0 Å². The number of aromatic nitrogens is 3. The third-order valence-electron chi connectivity index (χ3n) is 4.26. The molecule has 2 N–H and O–H groups in total. The van der Waals surface area contributed by atoms with E-state index in [0.29, 0.717) is 17.3 Å². The van der Waals surface area contributed by atoms with Crippen molar-refractivity contribution < 1.29 is 14.0 Å². The van der Waals surface area contributed by atoms with Crippen LogP contribution in [-0.2, 0) is 27.6 Å². The minimum absolute atomic E-state index is 0.222. The average Bonchev–Trinajstić information content (AvgIpc) is 3.30. The molecule has 0 fully saturated rings. The molecule has 0 saturated carbocycles. The molecule has 3 aromatic rings. The van der Waals surface area contributed by atoms with Crippen molar-refractivity contribution in [1.29, 1.82) is 0 Å². The van der Waals surface area contributed by atoms with E-state index < -0.39 is 11.8 Å². The number of halogens is 1. The molecule has 4 rings (SSSR count). The second-order valence-corrected chi connectivity index (χ2v) is 7.13. The number of carbonyl (C=O) groups excluding carboxylic acids is 2. The first kappa shape index (κ1) is 18.2. The fourth-order valence-electron chi connectivity index (χ4n) is 2.84. The maximum absolute atomic E-state index is 13.2. The van der Waals surface area contributed by atoms with Crippen LogP contribution in [0.5, 0.6) is 0 Å². The molecule has 2 amide bonds. The van der Waals surface area contributed by atoms with Crippen molar-refractivity contribution in [1.82, 2.24) is 20.1 Å². The highest BCUT2D eigenvalue weighted by molar-refractivity contribution is 7.98. The van der Waals surface area contributed by atoms with Crippen LogP contribution < -0.4 is 10.6 Å². The molecule has 28 heavy (non-hydrogen) atoms. The molecule has 1 aliphatic heterocycles. The first-order valence-corrected chi connectivity index (χ1v) is 9.70. The molecule has 0 spiro atoms. The van der Waals surface area contributed by atoms with Gasteiger partial charge < -0.3 is 10.6 Å². The molecule has 142 valence electrons. The van der Waals surface area contributed by atoms with Gasteiger partial charge in [-0.1, -0.05) is 0 Å². The lowest BCUT2D eigenvalue weighted by atomic mass is 10.2. The fraction of sp³-hybridized carbons (Fsp3) is 0.158. The lowest BCUT2D eigenvalue weighted by Crippen LogP contribution is -2.35. The number of nitrogens with one attached hydrogen (secondary N) is 2. The van der Waals surface area contributed by atoms with E-state index in [1.807, 2.05) is 0 Å². The van der Waals surface area contributed by atoms with Gasteiger partial charge in [-0.3, -0.25) is 14.6 Å². The van der Waals surface area contributed by atoms with Gasteiger partial charge in [-0.05, 0) is 42.0 Å². The molecule has 0 atom stereocenters. The minimum atomic E-state index is -0.781. The van der Waals surface area contributed by atoms with Crippen LogP contribution in [0.3, 0.4) is 0 Å². The van der Waals surface area contributed by atoms with Gasteiger partial charge in [0.2, 0.25) is 0 Å². The number of hydrogen-bond donors (Lipinski definition) is 2. The van der Waals surface area contributed by atoms with Gasteiger partial charge >= 0.3 is 11.8 Å². The molecule has 2 aromatic heterocycles. The van der Waals surface area contributed by atoms with Crippen molar-refractivity contribution >= 4 is 29.4 Å². The molecule has 0 aliphatic carbocycles. The van der Waals surface area contributed by atoms with E-state index in [1.165, 1.54) is 16.8 Å². The summed E-state index contributed by atoms with van der Waals surface area (Å²) in [5.74, 6) is -0.0402. The van der Waals surface area contributed by atoms with Gasteiger partial charge in [0.05, 0.1) is 11.4 Å². The normalized spacial score (nSPS) is 12.5. The van der Waals surface area contributed by atoms with Crippen molar-refractivity contribution in [3.63, 3.8) is 0 Å². The molecule has 3 heterocycles. The molecular formula is C19H16FN5O2S. The summed E-state index contributed by atoms with van der Waals surface area (Å²) >= 11 is 1.68. The minimum Gasteiger partial charge on any atom is -0.344 e. The molecule has 0 radical (unpaired) electrons. The number of anilines is 1. The maximum Gasteiger partial charge on any atom is 0.314 e. The van der Waals surface area contributed by atoms with Crippen molar-refractivity contribution in [3.8, 4) is 5.69 Å². The van der Waals surface area contributed by atoms with Crippen molar-refractivity contribution in [2.75, 3.05) is 5.32 Å². The quantitative estimate of drug-likeness (QED) is 0.660. The van der Waals surface area contributed by atoms with Crippen LogP contribution in [0.25, 0.3) is 5.69 Å². The Hall–Kier alpha value is -3.20. The van der Waals surface area contributed by atoms with E-state index in [0.717, 1.165) is 22.6 Å². The number of thioether (sulfide) groups is 1. The predicted octanol–water partition coefficient (Wildman–Crippen LogP) is 2.41. The summed E-state index contributed by atoms with van der Waals surface area (Å²) in [6, 6.07) is 9.30. The Labute approximate surface area is 164 Å². The Balaban J connectivity index is 1.53. The summed E-state index contributed by atoms with van der Waals surface area (Å²) in [6.07, 6.45) is 3.23. The van der Waals surface area contributed by atoms with Crippen LogP contribution >= 0.6 is 11.8 Å². The molecule has 7 nitrogen and oxygen atoms in total. The first-order valence-electron chi connectivity index (χ1n) is 8.54. The number of benzene rings is 1. The van der Waals surface area contributed by atoms with Crippen molar-refractivity contribution in [3.05, 3.63) is 71.4 Å². The number of pyridine rings is 1. The topological polar surface area (TPSA) is 88.9 Å². The van der Waals surface area contributed by atoms with Crippen molar-refractivity contribution in [2.45, 2.75) is 18.1 Å². The summed E-state index contributed by atoms with van der Waals surface area (Å²) in [5.41, 5.74) is 3.17. The molecule has 1 aliphatic rings. The van der Waals surface area contributed by atoms with Crippen LogP contribution in [0.15, 0.2) is 48.8 Å². The van der Waals surface area contributed by atoms with Gasteiger partial charge in [0.1, 0.15) is 11.6 Å². The highest BCUT2D eigenvalue weighted by Crippen LogP contribution is 2.36. The number of nitrogens with zero attached hydrogens (tertiary/aromatic N) is 3. The van der Waals surface area contributed by atoms with E-state index in [-0.39, 0.29) is 12.4 Å². The standard InChI is InChI=1S/C19H16FN5O2S/c20-13-1-3-14(4-2-13)25-17(15-10-28-11-16(15)24-25)23-19(27)18(26)22-9-12-5-7-21-8-6-12/h1-8H,9-11H2,(H,22,26)(H,23,27). The Bertz CT molecular complexity index is 1020. The summed E-state index contributed by atoms with van der Waals surface area (Å²) in [4.78, 5) is 28.5. The zero-order valence-electron chi connectivity index (χ0n) is 14.7. The zero-order valence-corrected chi connectivity index (χ0v) is 15.5. The van der Waals surface area contributed by atoms with E-state index in [4.69, 9.17) is 0 Å². The molecule has 0 saturated heterocycles. The Kier molecular flexibility index (Phi) is 5.07. The second-order valence-electron chi connectivity index (χ2n) is 6.15. The third kappa shape index (κ3) is 3.74. The van der Waals surface area contributed by atoms with Gasteiger partial charge in [-0.2, -0.15) is 16.9 Å². The first-order chi connectivity index (χ1) is 13.6. The Morgan fingerprint density at radius 3 is 2.57 bits per heavy atom. The van der Waals surface area contributed by atoms with Crippen molar-refractivity contribution in [2.24, 2.45) is 0 Å². The molecule has 9 heteroatoms. The Morgan fingerprint density at radius 1 is 1.07 bits per heavy atom. The largest absolute Gasteiger partial charge is 0.344 e. The number of fused-ring (bicyclic) bond motifs is 1. The summed E-state index contributed by atoms with van der Waals surface area (Å²) in [5, 5.41) is 9.77. The number of amides is 2. The van der Waals surface area contributed by atoms with Gasteiger partial charge in [-0.15, -0.1) is 0 Å². The van der Waals surface area contributed by atoms with Crippen LogP contribution in [0.2, 0.25) is 0 Å². The van der Waals surface area contributed by atoms with Crippen LogP contribution in [-0.4, -0.2) is 26.6 Å². The summed E-state index contributed by atoms with van der Waals surface area (Å²) < 4.78 is 14.8. The number of carbonyl (C=O) groups is 2. The number of rotatable bonds is 4. The monoisotopic (exact) mass is 397 g/mol. The smallest absolute Gasteiger partial charge is 0.314 e. The van der Waals surface area contributed by atoms with Gasteiger partial charge in [-0.25, -0.2) is 9.07 Å². The predicted molar refractivity (Wildman–Crippen MR) is 103 cm³/mol. The highest BCUT2D eigenvalue weighted by atomic mass is 32.2. The lowest BCUT2D eigenvalue weighted by molar-refractivity contribution is -0.136. The summed E-state index contributed by atoms with van der Waals surface area (Å²) in [7, 11) is 0. The van der Waals surface area contributed by atoms with Crippen LogP contribution in [0, 0.1) is 5.82 Å². The van der Waals surface area contributed by atoms with E-state index in [2.05, 4.69) is 20.7 Å². The third-order valence-corrected chi connectivity index (χ3v) is 5.23. The Morgan fingerprint density at radius 2 is 1.82 bits per heavy atom. The number of hydrogen-bond acceptors (Lipinski definition) is 5. The van der Waals surface area contributed by atoms with E-state index in [1.54, 1.807) is 48.4 Å². The van der Waals surface area contributed by atoms with E-state index >= 15 is 0 Å². The van der Waals surface area contributed by atoms with Crippen LogP contribution in [0.4, 0.5) is 10.2 Å². The summed E-state index contributed by atoms with van der Waals surface area (Å²) in [6.45, 7) is 0.222. The SMILES string of the molecule is O=C(NCc1ccncc1)C(=O)Nc1c2c(nn1-c1ccc(F)cc1)CSC2.